The van der Waals surface area contributed by atoms with Crippen LogP contribution in [0.4, 0.5) is 11.4 Å². The summed E-state index contributed by atoms with van der Waals surface area (Å²) in [5.41, 5.74) is 2.83. The first-order valence-electron chi connectivity index (χ1n) is 12.1. The summed E-state index contributed by atoms with van der Waals surface area (Å²) < 4.78 is 63.6. The highest BCUT2D eigenvalue weighted by atomic mass is 35.5. The molecule has 14 heteroatoms. The number of allylic oxidation sites excluding steroid dienone is 2. The molecule has 0 fully saturated rings. The molecular weight excluding hydrogens is 623 g/mol. The van der Waals surface area contributed by atoms with Crippen molar-refractivity contribution in [3.8, 4) is 0 Å². The van der Waals surface area contributed by atoms with Gasteiger partial charge in [-0.05, 0) is 73.4 Å². The summed E-state index contributed by atoms with van der Waals surface area (Å²) in [6.07, 6.45) is 5.41. The van der Waals surface area contributed by atoms with Crippen molar-refractivity contribution in [2.24, 2.45) is 0 Å². The third kappa shape index (κ3) is 8.32. The molecule has 0 bridgehead atoms. The summed E-state index contributed by atoms with van der Waals surface area (Å²) in [6.45, 7) is 2.84. The second-order valence-corrected chi connectivity index (χ2v) is 15.3. The van der Waals surface area contributed by atoms with Crippen LogP contribution in [0.1, 0.15) is 26.2 Å². The predicted octanol–water partition coefficient (Wildman–Crippen LogP) is 6.58. The number of fused-ring (bicyclic) bond motifs is 2. The Bertz CT molecular complexity index is 1510. The maximum atomic E-state index is 11.3. The maximum absolute atomic E-state index is 11.3. The van der Waals surface area contributed by atoms with Gasteiger partial charge in [0.1, 0.15) is 0 Å². The molecule has 39 heavy (non-hydrogen) atoms. The molecule has 1 unspecified atom stereocenters. The minimum Gasteiger partial charge on any atom is -0.355 e. The van der Waals surface area contributed by atoms with Crippen molar-refractivity contribution in [1.29, 1.82) is 0 Å². The normalized spacial score (nSPS) is 18.6. The van der Waals surface area contributed by atoms with Gasteiger partial charge >= 0.3 is 0 Å². The van der Waals surface area contributed by atoms with Crippen LogP contribution in [0.5, 0.6) is 0 Å². The highest BCUT2D eigenvalue weighted by molar-refractivity contribution is 8.03. The summed E-state index contributed by atoms with van der Waals surface area (Å²) in [5.74, 6) is -0.674. The molecule has 0 spiro atoms. The largest absolute Gasteiger partial charge is 0.355 e. The van der Waals surface area contributed by atoms with Gasteiger partial charge in [-0.15, -0.1) is 0 Å². The average Bonchev–Trinajstić information content (AvgIpc) is 3.34. The van der Waals surface area contributed by atoms with E-state index < -0.39 is 20.2 Å². The quantitative estimate of drug-likeness (QED) is 0.258. The Hall–Kier alpha value is -1.38. The zero-order chi connectivity index (χ0) is 28.4. The lowest BCUT2D eigenvalue weighted by atomic mass is 10.1. The first-order chi connectivity index (χ1) is 18.3. The SMILES string of the molecule is CCC(=C/C1Sc2ccc(Cl)cc2N1CCCS(=O)(=O)O)/C=C1/Sc2ccc(Cl)cc2N1CCCS(=O)(=O)O. The fourth-order valence-corrected chi connectivity index (χ4v) is 8.12. The zero-order valence-corrected chi connectivity index (χ0v) is 25.7. The number of benzene rings is 2. The van der Waals surface area contributed by atoms with Gasteiger partial charge in [0, 0.05) is 32.9 Å². The molecule has 0 radical (unpaired) electrons. The molecule has 8 nitrogen and oxygen atoms in total. The van der Waals surface area contributed by atoms with Crippen LogP contribution in [-0.2, 0) is 20.2 Å². The number of hydrogen-bond donors (Lipinski definition) is 2. The van der Waals surface area contributed by atoms with Crippen molar-refractivity contribution < 1.29 is 25.9 Å². The number of rotatable bonds is 11. The number of halogens is 2. The fraction of sp³-hybridized carbons (Fsp3) is 0.360. The van der Waals surface area contributed by atoms with Gasteiger partial charge in [-0.3, -0.25) is 9.11 Å². The molecule has 0 aliphatic carbocycles. The second-order valence-electron chi connectivity index (χ2n) is 9.04. The Morgan fingerprint density at radius 2 is 1.51 bits per heavy atom. The van der Waals surface area contributed by atoms with E-state index in [1.807, 2.05) is 48.2 Å². The van der Waals surface area contributed by atoms with E-state index in [4.69, 9.17) is 23.2 Å². The van der Waals surface area contributed by atoms with Crippen molar-refractivity contribution in [2.45, 2.75) is 41.4 Å². The summed E-state index contributed by atoms with van der Waals surface area (Å²) in [5, 5.41) is 1.94. The molecule has 2 aliphatic rings. The second kappa shape index (κ2) is 12.6. The number of anilines is 2. The van der Waals surface area contributed by atoms with Crippen molar-refractivity contribution in [3.05, 3.63) is 69.2 Å². The van der Waals surface area contributed by atoms with Gasteiger partial charge in [-0.25, -0.2) is 0 Å². The molecule has 4 rings (SSSR count). The standard InChI is InChI=1S/C25H28Cl2N2O6S4/c1-2-17(13-24-28(9-3-11-38(30,31)32)20-15-18(26)5-7-22(20)36-24)14-25-29(10-4-12-39(33,34)35)21-16-19(27)6-8-23(21)37-25/h5-8,13-16,24H,2-4,9-12H2,1H3,(H,30,31,32)(H,33,34,35)/b17-13-,25-14+. The molecule has 2 aromatic carbocycles. The number of nitrogens with zero attached hydrogens (tertiary/aromatic N) is 2. The van der Waals surface area contributed by atoms with Gasteiger partial charge in [0.05, 0.1) is 33.3 Å². The van der Waals surface area contributed by atoms with Crippen molar-refractivity contribution in [3.63, 3.8) is 0 Å². The molecule has 2 heterocycles. The van der Waals surface area contributed by atoms with E-state index in [-0.39, 0.29) is 29.7 Å². The van der Waals surface area contributed by atoms with E-state index >= 15 is 0 Å². The van der Waals surface area contributed by atoms with Crippen molar-refractivity contribution in [1.82, 2.24) is 0 Å². The number of thioether (sulfide) groups is 2. The summed E-state index contributed by atoms with van der Waals surface area (Å²) >= 11 is 15.7. The summed E-state index contributed by atoms with van der Waals surface area (Å²) in [6, 6.07) is 11.2. The van der Waals surface area contributed by atoms with Crippen LogP contribution in [0, 0.1) is 0 Å². The van der Waals surface area contributed by atoms with Gasteiger partial charge in [0.2, 0.25) is 0 Å². The molecule has 0 saturated heterocycles. The lowest BCUT2D eigenvalue weighted by Crippen LogP contribution is -2.30. The van der Waals surface area contributed by atoms with Crippen LogP contribution < -0.4 is 9.80 Å². The molecule has 2 aromatic rings. The van der Waals surface area contributed by atoms with E-state index in [0.29, 0.717) is 29.6 Å². The van der Waals surface area contributed by atoms with Crippen LogP contribution in [0.25, 0.3) is 0 Å². The van der Waals surface area contributed by atoms with Gasteiger partial charge in [0.15, 0.2) is 0 Å². The Kier molecular flexibility index (Phi) is 9.91. The predicted molar refractivity (Wildman–Crippen MR) is 162 cm³/mol. The molecule has 212 valence electrons. The lowest BCUT2D eigenvalue weighted by Gasteiger charge is -2.25. The fourth-order valence-electron chi connectivity index (χ4n) is 4.36. The molecule has 1 atom stereocenters. The Balaban J connectivity index is 1.62. The van der Waals surface area contributed by atoms with Crippen molar-refractivity contribution in [2.75, 3.05) is 34.4 Å². The molecule has 2 N–H and O–H groups in total. The zero-order valence-electron chi connectivity index (χ0n) is 21.0. The van der Waals surface area contributed by atoms with Gasteiger partial charge in [-0.2, -0.15) is 16.8 Å². The third-order valence-corrected chi connectivity index (χ3v) is 10.6. The highest BCUT2D eigenvalue weighted by Gasteiger charge is 2.30. The first kappa shape index (κ1) is 30.6. The minimum atomic E-state index is -4.08. The summed E-state index contributed by atoms with van der Waals surface area (Å²) in [4.78, 5) is 6.13. The van der Waals surface area contributed by atoms with Crippen LogP contribution in [0.3, 0.4) is 0 Å². The van der Waals surface area contributed by atoms with Gasteiger partial charge in [0.25, 0.3) is 20.2 Å². The van der Waals surface area contributed by atoms with Crippen LogP contribution in [0.15, 0.2) is 68.9 Å². The molecular formula is C25H28Cl2N2O6S4. The number of hydrogen-bond acceptors (Lipinski definition) is 8. The van der Waals surface area contributed by atoms with Crippen molar-refractivity contribution >= 4 is 78.3 Å². The van der Waals surface area contributed by atoms with E-state index in [9.17, 15) is 25.9 Å². The molecule has 0 aromatic heterocycles. The first-order valence-corrected chi connectivity index (χ1v) is 17.8. The van der Waals surface area contributed by atoms with E-state index in [1.54, 1.807) is 23.5 Å². The third-order valence-electron chi connectivity index (χ3n) is 6.14. The lowest BCUT2D eigenvalue weighted by molar-refractivity contribution is 0.479. The topological polar surface area (TPSA) is 115 Å². The molecule has 0 amide bonds. The minimum absolute atomic E-state index is 0.122. The monoisotopic (exact) mass is 650 g/mol. The highest BCUT2D eigenvalue weighted by Crippen LogP contribution is 2.48. The van der Waals surface area contributed by atoms with Gasteiger partial charge in [-0.1, -0.05) is 53.6 Å². The smallest absolute Gasteiger partial charge is 0.264 e. The molecule has 0 saturated carbocycles. The Morgan fingerprint density at radius 1 is 0.923 bits per heavy atom. The Morgan fingerprint density at radius 3 is 2.13 bits per heavy atom. The average molecular weight is 652 g/mol. The van der Waals surface area contributed by atoms with Crippen LogP contribution in [-0.4, -0.2) is 55.9 Å². The summed E-state index contributed by atoms with van der Waals surface area (Å²) in [7, 11) is -8.15. The van der Waals surface area contributed by atoms with Gasteiger partial charge < -0.3 is 9.80 Å². The van der Waals surface area contributed by atoms with Crippen LogP contribution in [0.2, 0.25) is 10.0 Å². The van der Waals surface area contributed by atoms with Crippen LogP contribution >= 0.6 is 46.7 Å². The van der Waals surface area contributed by atoms with E-state index in [1.165, 1.54) is 0 Å². The van der Waals surface area contributed by atoms with E-state index in [2.05, 4.69) is 17.1 Å². The van der Waals surface area contributed by atoms with E-state index in [0.717, 1.165) is 31.8 Å². The Labute approximate surface area is 247 Å². The maximum Gasteiger partial charge on any atom is 0.264 e. The molecule has 2 aliphatic heterocycles.